The average Bonchev–Trinajstić information content (AvgIpc) is 2.27. The number of anilines is 1. The van der Waals surface area contributed by atoms with E-state index in [1.807, 2.05) is 19.1 Å². The Morgan fingerprint density at radius 2 is 1.88 bits per heavy atom. The van der Waals surface area contributed by atoms with Gasteiger partial charge in [0.2, 0.25) is 0 Å². The monoisotopic (exact) mass is 258 g/mol. The number of nitrogens with one attached hydrogen (secondary N) is 2. The smallest absolute Gasteiger partial charge is 0.0641 e. The van der Waals surface area contributed by atoms with Crippen molar-refractivity contribution in [3.8, 4) is 0 Å². The van der Waals surface area contributed by atoms with Gasteiger partial charge in [-0.25, -0.2) is 0 Å². The Kier molecular flexibility index (Phi) is 3.95. The number of aryl methyl sites for hydroxylation is 1. The second kappa shape index (κ2) is 5.26. The van der Waals surface area contributed by atoms with Crippen molar-refractivity contribution in [2.45, 2.75) is 25.8 Å². The third-order valence-electron chi connectivity index (χ3n) is 2.95. The van der Waals surface area contributed by atoms with Gasteiger partial charge < -0.3 is 10.6 Å². The van der Waals surface area contributed by atoms with Crippen LogP contribution in [0, 0.1) is 6.92 Å². The summed E-state index contributed by atoms with van der Waals surface area (Å²) in [4.78, 5) is 0. The largest absolute Gasteiger partial charge is 0.381 e. The molecule has 0 aliphatic carbocycles. The first-order chi connectivity index (χ1) is 7.66. The fourth-order valence-electron chi connectivity index (χ4n) is 1.94. The lowest BCUT2D eigenvalue weighted by atomic mass is 10.1. The van der Waals surface area contributed by atoms with E-state index in [0.717, 1.165) is 47.2 Å². The molecule has 0 saturated carbocycles. The molecule has 1 saturated heterocycles. The van der Waals surface area contributed by atoms with Gasteiger partial charge in [0.05, 0.1) is 10.7 Å². The predicted octanol–water partition coefficient (Wildman–Crippen LogP) is 3.47. The normalized spacial score (nSPS) is 17.4. The van der Waals surface area contributed by atoms with Gasteiger partial charge in [0.15, 0.2) is 0 Å². The molecule has 0 bridgehead atoms. The molecule has 2 rings (SSSR count). The second-order valence-electron chi connectivity index (χ2n) is 4.25. The summed E-state index contributed by atoms with van der Waals surface area (Å²) < 4.78 is 0. The van der Waals surface area contributed by atoms with Gasteiger partial charge in [0.1, 0.15) is 0 Å². The van der Waals surface area contributed by atoms with Crippen LogP contribution in [0.15, 0.2) is 12.1 Å². The number of halogens is 2. The van der Waals surface area contributed by atoms with Crippen LogP contribution in [0.1, 0.15) is 18.4 Å². The Balaban J connectivity index is 2.11. The topological polar surface area (TPSA) is 24.1 Å². The summed E-state index contributed by atoms with van der Waals surface area (Å²) in [6.07, 6.45) is 2.25. The molecule has 1 aliphatic heterocycles. The molecule has 2 nitrogen and oxygen atoms in total. The van der Waals surface area contributed by atoms with E-state index in [4.69, 9.17) is 23.2 Å². The lowest BCUT2D eigenvalue weighted by Crippen LogP contribution is -2.35. The van der Waals surface area contributed by atoms with Crippen molar-refractivity contribution < 1.29 is 0 Å². The minimum Gasteiger partial charge on any atom is -0.381 e. The van der Waals surface area contributed by atoms with Crippen LogP contribution in [-0.4, -0.2) is 19.1 Å². The molecule has 0 amide bonds. The van der Waals surface area contributed by atoms with E-state index in [1.54, 1.807) is 0 Å². The van der Waals surface area contributed by atoms with Gasteiger partial charge in [-0.3, -0.25) is 0 Å². The Morgan fingerprint density at radius 3 is 2.56 bits per heavy atom. The highest BCUT2D eigenvalue weighted by molar-refractivity contribution is 6.35. The van der Waals surface area contributed by atoms with E-state index in [9.17, 15) is 0 Å². The zero-order chi connectivity index (χ0) is 11.5. The molecule has 2 N–H and O–H groups in total. The van der Waals surface area contributed by atoms with E-state index in [1.165, 1.54) is 0 Å². The van der Waals surface area contributed by atoms with Crippen molar-refractivity contribution in [2.75, 3.05) is 18.4 Å². The van der Waals surface area contributed by atoms with Crippen LogP contribution < -0.4 is 10.6 Å². The number of rotatable bonds is 2. The summed E-state index contributed by atoms with van der Waals surface area (Å²) >= 11 is 12.3. The van der Waals surface area contributed by atoms with E-state index in [0.29, 0.717) is 6.04 Å². The van der Waals surface area contributed by atoms with Crippen molar-refractivity contribution in [1.82, 2.24) is 5.32 Å². The van der Waals surface area contributed by atoms with E-state index in [-0.39, 0.29) is 0 Å². The van der Waals surface area contributed by atoms with Gasteiger partial charge >= 0.3 is 0 Å². The highest BCUT2D eigenvalue weighted by Gasteiger charge is 2.14. The van der Waals surface area contributed by atoms with E-state index < -0.39 is 0 Å². The third kappa shape index (κ3) is 2.82. The molecule has 1 aromatic carbocycles. The number of piperidine rings is 1. The molecule has 0 aromatic heterocycles. The molecule has 0 spiro atoms. The third-order valence-corrected chi connectivity index (χ3v) is 3.67. The molecule has 16 heavy (non-hydrogen) atoms. The zero-order valence-corrected chi connectivity index (χ0v) is 10.8. The van der Waals surface area contributed by atoms with Crippen LogP contribution in [-0.2, 0) is 0 Å². The summed E-state index contributed by atoms with van der Waals surface area (Å²) in [7, 11) is 0. The maximum absolute atomic E-state index is 6.18. The summed E-state index contributed by atoms with van der Waals surface area (Å²) in [5, 5.41) is 8.31. The Labute approximate surface area is 106 Å². The maximum atomic E-state index is 6.18. The summed E-state index contributed by atoms with van der Waals surface area (Å²) in [5.74, 6) is 0. The maximum Gasteiger partial charge on any atom is 0.0641 e. The summed E-state index contributed by atoms with van der Waals surface area (Å²) in [6.45, 7) is 4.09. The molecule has 88 valence electrons. The molecule has 1 aliphatic rings. The number of hydrogen-bond donors (Lipinski definition) is 2. The van der Waals surface area contributed by atoms with Gasteiger partial charge in [-0.15, -0.1) is 0 Å². The molecule has 1 heterocycles. The number of hydrogen-bond acceptors (Lipinski definition) is 2. The number of benzene rings is 1. The Hall–Kier alpha value is -0.440. The van der Waals surface area contributed by atoms with Crippen molar-refractivity contribution in [2.24, 2.45) is 0 Å². The van der Waals surface area contributed by atoms with Crippen molar-refractivity contribution in [3.63, 3.8) is 0 Å². The molecular formula is C12H16Cl2N2. The van der Waals surface area contributed by atoms with Crippen LogP contribution in [0.25, 0.3) is 0 Å². The van der Waals surface area contributed by atoms with Gasteiger partial charge in [-0.1, -0.05) is 23.2 Å². The van der Waals surface area contributed by atoms with Gasteiger partial charge in [0, 0.05) is 11.1 Å². The minimum absolute atomic E-state index is 0.498. The highest BCUT2D eigenvalue weighted by Crippen LogP contribution is 2.29. The van der Waals surface area contributed by atoms with Crippen molar-refractivity contribution in [3.05, 3.63) is 27.7 Å². The van der Waals surface area contributed by atoms with Gasteiger partial charge in [-0.2, -0.15) is 0 Å². The fourth-order valence-corrected chi connectivity index (χ4v) is 2.38. The molecule has 4 heteroatoms. The van der Waals surface area contributed by atoms with E-state index >= 15 is 0 Å². The standard InChI is InChI=1S/C12H16Cl2N2/c1-8-6-11(14)12(7-10(8)13)16-9-2-4-15-5-3-9/h6-7,9,15-16H,2-5H2,1H3. The van der Waals surface area contributed by atoms with Gasteiger partial charge in [0.25, 0.3) is 0 Å². The zero-order valence-electron chi connectivity index (χ0n) is 9.32. The van der Waals surface area contributed by atoms with Crippen LogP contribution in [0.4, 0.5) is 5.69 Å². The highest BCUT2D eigenvalue weighted by atomic mass is 35.5. The van der Waals surface area contributed by atoms with Crippen molar-refractivity contribution >= 4 is 28.9 Å². The Morgan fingerprint density at radius 1 is 1.19 bits per heavy atom. The first-order valence-corrected chi connectivity index (χ1v) is 6.35. The lowest BCUT2D eigenvalue weighted by molar-refractivity contribution is 0.479. The van der Waals surface area contributed by atoms with Crippen molar-refractivity contribution in [1.29, 1.82) is 0 Å². The molecule has 0 atom stereocenters. The molecule has 1 aromatic rings. The summed E-state index contributed by atoms with van der Waals surface area (Å²) in [5.41, 5.74) is 1.96. The first kappa shape index (κ1) is 12.0. The van der Waals surface area contributed by atoms with Crippen LogP contribution in [0.3, 0.4) is 0 Å². The van der Waals surface area contributed by atoms with Crippen LogP contribution >= 0.6 is 23.2 Å². The SMILES string of the molecule is Cc1cc(Cl)c(NC2CCNCC2)cc1Cl. The second-order valence-corrected chi connectivity index (χ2v) is 5.06. The fraction of sp³-hybridized carbons (Fsp3) is 0.500. The van der Waals surface area contributed by atoms with Crippen LogP contribution in [0.2, 0.25) is 10.0 Å². The molecule has 0 radical (unpaired) electrons. The summed E-state index contributed by atoms with van der Waals surface area (Å²) in [6, 6.07) is 4.33. The molecule has 0 unspecified atom stereocenters. The van der Waals surface area contributed by atoms with Crippen LogP contribution in [0.5, 0.6) is 0 Å². The van der Waals surface area contributed by atoms with E-state index in [2.05, 4.69) is 10.6 Å². The molecular weight excluding hydrogens is 243 g/mol. The average molecular weight is 259 g/mol. The Bertz CT molecular complexity index is 374. The first-order valence-electron chi connectivity index (χ1n) is 5.59. The quantitative estimate of drug-likeness (QED) is 0.849. The lowest BCUT2D eigenvalue weighted by Gasteiger charge is -2.25. The predicted molar refractivity (Wildman–Crippen MR) is 70.7 cm³/mol. The van der Waals surface area contributed by atoms with Gasteiger partial charge in [-0.05, 0) is 50.6 Å². The minimum atomic E-state index is 0.498. The molecule has 1 fully saturated rings.